The van der Waals surface area contributed by atoms with Crippen molar-refractivity contribution in [2.45, 2.75) is 13.3 Å². The summed E-state index contributed by atoms with van der Waals surface area (Å²) >= 11 is 0. The van der Waals surface area contributed by atoms with Crippen molar-refractivity contribution in [2.75, 3.05) is 50.0 Å². The van der Waals surface area contributed by atoms with Crippen LogP contribution in [0.25, 0.3) is 0 Å². The number of hydrogen-bond acceptors (Lipinski definition) is 5. The van der Waals surface area contributed by atoms with E-state index in [1.807, 2.05) is 43.5 Å². The summed E-state index contributed by atoms with van der Waals surface area (Å²) in [5.41, 5.74) is 7.85. The number of piperazine rings is 1. The molecule has 2 heterocycles. The minimum absolute atomic E-state index is 0.702. The van der Waals surface area contributed by atoms with Gasteiger partial charge in [-0.1, -0.05) is 18.2 Å². The summed E-state index contributed by atoms with van der Waals surface area (Å²) < 4.78 is 5.83. The molecule has 1 aliphatic rings. The van der Waals surface area contributed by atoms with Crippen LogP contribution in [0.3, 0.4) is 0 Å². The molecule has 1 aromatic carbocycles. The number of anilines is 2. The number of para-hydroxylation sites is 1. The number of aromatic nitrogens is 1. The molecule has 1 saturated heterocycles. The Morgan fingerprint density at radius 1 is 1.08 bits per heavy atom. The Morgan fingerprint density at radius 3 is 2.67 bits per heavy atom. The maximum Gasteiger partial charge on any atom is 0.142 e. The first-order valence-corrected chi connectivity index (χ1v) is 8.60. The van der Waals surface area contributed by atoms with Crippen LogP contribution < -0.4 is 15.4 Å². The zero-order chi connectivity index (χ0) is 16.8. The van der Waals surface area contributed by atoms with Crippen LogP contribution in [0.1, 0.15) is 12.0 Å². The van der Waals surface area contributed by atoms with E-state index in [-0.39, 0.29) is 0 Å². The van der Waals surface area contributed by atoms with Crippen LogP contribution in [0.4, 0.5) is 11.5 Å². The second kappa shape index (κ2) is 8.02. The lowest BCUT2D eigenvalue weighted by Gasteiger charge is -2.35. The van der Waals surface area contributed by atoms with Crippen molar-refractivity contribution in [3.63, 3.8) is 0 Å². The molecule has 128 valence electrons. The fourth-order valence-corrected chi connectivity index (χ4v) is 2.99. The lowest BCUT2D eigenvalue weighted by molar-refractivity contribution is 0.225. The molecule has 0 unspecified atom stereocenters. The largest absolute Gasteiger partial charge is 0.491 e. The summed E-state index contributed by atoms with van der Waals surface area (Å²) in [6, 6.07) is 12.0. The van der Waals surface area contributed by atoms with Crippen molar-refractivity contribution in [3.05, 3.63) is 48.2 Å². The fraction of sp³-hybridized carbons (Fsp3) is 0.421. The van der Waals surface area contributed by atoms with Crippen LogP contribution in [-0.2, 0) is 0 Å². The first-order valence-electron chi connectivity index (χ1n) is 8.60. The van der Waals surface area contributed by atoms with E-state index in [1.165, 1.54) is 0 Å². The Labute approximate surface area is 144 Å². The summed E-state index contributed by atoms with van der Waals surface area (Å²) in [5, 5.41) is 0. The number of aryl methyl sites for hydroxylation is 1. The molecule has 5 heteroatoms. The maximum atomic E-state index is 6.03. The highest BCUT2D eigenvalue weighted by Gasteiger charge is 2.17. The van der Waals surface area contributed by atoms with E-state index in [1.54, 1.807) is 0 Å². The van der Waals surface area contributed by atoms with Gasteiger partial charge in [-0.15, -0.1) is 0 Å². The molecule has 5 nitrogen and oxygen atoms in total. The molecule has 0 atom stereocenters. The minimum atomic E-state index is 0.702. The molecule has 0 bridgehead atoms. The molecule has 1 fully saturated rings. The van der Waals surface area contributed by atoms with Crippen LogP contribution in [0.5, 0.6) is 5.75 Å². The summed E-state index contributed by atoms with van der Waals surface area (Å²) in [4.78, 5) is 9.26. The van der Waals surface area contributed by atoms with E-state index in [9.17, 15) is 0 Å². The maximum absolute atomic E-state index is 6.03. The lowest BCUT2D eigenvalue weighted by atomic mass is 10.2. The van der Waals surface area contributed by atoms with E-state index in [0.29, 0.717) is 6.61 Å². The molecule has 1 aliphatic heterocycles. The monoisotopic (exact) mass is 326 g/mol. The van der Waals surface area contributed by atoms with Crippen molar-refractivity contribution in [2.24, 2.45) is 0 Å². The Morgan fingerprint density at radius 2 is 1.92 bits per heavy atom. The Balaban J connectivity index is 1.37. The molecule has 1 aromatic heterocycles. The number of nitrogen functional groups attached to an aromatic ring is 1. The first kappa shape index (κ1) is 16.6. The Kier molecular flexibility index (Phi) is 5.54. The third kappa shape index (κ3) is 4.17. The quantitative estimate of drug-likeness (QED) is 0.653. The fourth-order valence-electron chi connectivity index (χ4n) is 2.99. The first-order chi connectivity index (χ1) is 11.7. The topological polar surface area (TPSA) is 54.6 Å². The highest BCUT2D eigenvalue weighted by atomic mass is 16.5. The molecule has 0 amide bonds. The number of hydrogen-bond donors (Lipinski definition) is 1. The molecular formula is C19H26N4O. The van der Waals surface area contributed by atoms with E-state index < -0.39 is 0 Å². The van der Waals surface area contributed by atoms with E-state index in [0.717, 1.165) is 62.0 Å². The molecule has 0 saturated carbocycles. The zero-order valence-corrected chi connectivity index (χ0v) is 14.3. The third-order valence-electron chi connectivity index (χ3n) is 4.51. The molecule has 2 aromatic rings. The summed E-state index contributed by atoms with van der Waals surface area (Å²) in [6.07, 6.45) is 2.87. The van der Waals surface area contributed by atoms with Gasteiger partial charge in [0, 0.05) is 38.9 Å². The predicted molar refractivity (Wildman–Crippen MR) is 98.6 cm³/mol. The number of pyridine rings is 1. The van der Waals surface area contributed by atoms with Crippen molar-refractivity contribution < 1.29 is 4.74 Å². The number of nitrogens with two attached hydrogens (primary N) is 1. The van der Waals surface area contributed by atoms with Crippen LogP contribution >= 0.6 is 0 Å². The second-order valence-corrected chi connectivity index (χ2v) is 6.21. The summed E-state index contributed by atoms with van der Waals surface area (Å²) in [5.74, 6) is 1.88. The number of nitrogens with zero attached hydrogens (tertiary/aromatic N) is 3. The molecule has 0 radical (unpaired) electrons. The average molecular weight is 326 g/mol. The van der Waals surface area contributed by atoms with Crippen LogP contribution in [0.2, 0.25) is 0 Å². The van der Waals surface area contributed by atoms with Gasteiger partial charge in [0.1, 0.15) is 11.6 Å². The van der Waals surface area contributed by atoms with Gasteiger partial charge in [0.25, 0.3) is 0 Å². The normalized spacial score (nSPS) is 15.5. The third-order valence-corrected chi connectivity index (χ3v) is 4.51. The molecule has 3 rings (SSSR count). The van der Waals surface area contributed by atoms with Gasteiger partial charge in [-0.2, -0.15) is 0 Å². The SMILES string of the molecule is Cc1cccc(OCCCN2CCN(c3ccccn3)CC2)c1N. The van der Waals surface area contributed by atoms with E-state index in [4.69, 9.17) is 10.5 Å². The van der Waals surface area contributed by atoms with Gasteiger partial charge in [0.2, 0.25) is 0 Å². The van der Waals surface area contributed by atoms with Gasteiger partial charge in [0.05, 0.1) is 12.3 Å². The van der Waals surface area contributed by atoms with Gasteiger partial charge >= 0.3 is 0 Å². The molecule has 24 heavy (non-hydrogen) atoms. The molecule has 0 spiro atoms. The van der Waals surface area contributed by atoms with Gasteiger partial charge in [-0.25, -0.2) is 4.98 Å². The number of ether oxygens (including phenoxy) is 1. The van der Waals surface area contributed by atoms with Gasteiger partial charge in [-0.3, -0.25) is 4.90 Å². The smallest absolute Gasteiger partial charge is 0.142 e. The van der Waals surface area contributed by atoms with Gasteiger partial charge < -0.3 is 15.4 Å². The predicted octanol–water partition coefficient (Wildman–Crippen LogP) is 2.56. The van der Waals surface area contributed by atoms with Gasteiger partial charge in [-0.05, 0) is 37.1 Å². The highest BCUT2D eigenvalue weighted by molar-refractivity contribution is 5.57. The van der Waals surface area contributed by atoms with Crippen molar-refractivity contribution in [1.29, 1.82) is 0 Å². The van der Waals surface area contributed by atoms with E-state index in [2.05, 4.69) is 20.9 Å². The van der Waals surface area contributed by atoms with Crippen molar-refractivity contribution in [1.82, 2.24) is 9.88 Å². The van der Waals surface area contributed by atoms with Crippen molar-refractivity contribution >= 4 is 11.5 Å². The average Bonchev–Trinajstić information content (AvgIpc) is 2.63. The van der Waals surface area contributed by atoms with Gasteiger partial charge in [0.15, 0.2) is 0 Å². The summed E-state index contributed by atoms with van der Waals surface area (Å²) in [7, 11) is 0. The Bertz CT molecular complexity index is 639. The lowest BCUT2D eigenvalue weighted by Crippen LogP contribution is -2.47. The van der Waals surface area contributed by atoms with Crippen LogP contribution in [0, 0.1) is 6.92 Å². The number of rotatable bonds is 6. The summed E-state index contributed by atoms with van der Waals surface area (Å²) in [6.45, 7) is 7.97. The van der Waals surface area contributed by atoms with E-state index >= 15 is 0 Å². The second-order valence-electron chi connectivity index (χ2n) is 6.21. The molecular weight excluding hydrogens is 300 g/mol. The minimum Gasteiger partial charge on any atom is -0.491 e. The standard InChI is InChI=1S/C19H26N4O/c1-16-6-4-7-17(19(16)20)24-15-5-10-22-11-13-23(14-12-22)18-8-2-3-9-21-18/h2-4,6-9H,5,10-15,20H2,1H3. The van der Waals surface area contributed by atoms with Crippen molar-refractivity contribution in [3.8, 4) is 5.75 Å². The van der Waals surface area contributed by atoms with Crippen LogP contribution in [0.15, 0.2) is 42.6 Å². The Hall–Kier alpha value is -2.27. The molecule has 2 N–H and O–H groups in total. The van der Waals surface area contributed by atoms with Crippen LogP contribution in [-0.4, -0.2) is 49.2 Å². The molecule has 0 aliphatic carbocycles. The zero-order valence-electron chi connectivity index (χ0n) is 14.3. The highest BCUT2D eigenvalue weighted by Crippen LogP contribution is 2.24. The number of benzene rings is 1.